The van der Waals surface area contributed by atoms with Crippen LogP contribution in [-0.4, -0.2) is 152 Å². The molecule has 2 aromatic carbocycles. The van der Waals surface area contributed by atoms with Crippen LogP contribution in [0.3, 0.4) is 0 Å². The number of nitrogens with zero attached hydrogens (tertiary/aromatic N) is 10. The molecule has 3 aromatic heterocycles. The van der Waals surface area contributed by atoms with Gasteiger partial charge in [-0.3, -0.25) is 19.3 Å². The number of aromatic nitrogens is 4. The van der Waals surface area contributed by atoms with E-state index in [4.69, 9.17) is 36.1 Å². The van der Waals surface area contributed by atoms with Gasteiger partial charge in [-0.2, -0.15) is 5.26 Å². The molecule has 0 bridgehead atoms. The van der Waals surface area contributed by atoms with Gasteiger partial charge in [-0.1, -0.05) is 24.9 Å². The summed E-state index contributed by atoms with van der Waals surface area (Å²) in [5.41, 5.74) is 2.21. The van der Waals surface area contributed by atoms with E-state index in [0.717, 1.165) is 68.1 Å². The zero-order valence-electron chi connectivity index (χ0n) is 45.7. The van der Waals surface area contributed by atoms with Crippen molar-refractivity contribution in [3.8, 4) is 29.0 Å². The number of piperidine rings is 3. The molecule has 1 unspecified atom stereocenters. The first-order chi connectivity index (χ1) is 39.3. The molecule has 1 aliphatic carbocycles. The second-order valence-corrected chi connectivity index (χ2v) is 23.3. The third kappa shape index (κ3) is 10.9. The van der Waals surface area contributed by atoms with Gasteiger partial charge >= 0.3 is 12.1 Å². The second kappa shape index (κ2) is 23.0. The molecule has 2 N–H and O–H groups in total. The van der Waals surface area contributed by atoms with E-state index in [9.17, 15) is 29.1 Å². The van der Waals surface area contributed by atoms with Gasteiger partial charge in [0.05, 0.1) is 45.7 Å². The lowest BCUT2D eigenvalue weighted by Gasteiger charge is -2.40. The maximum atomic E-state index is 14.1. The van der Waals surface area contributed by atoms with Crippen molar-refractivity contribution in [2.45, 2.75) is 127 Å². The lowest BCUT2D eigenvalue weighted by molar-refractivity contribution is -0.172. The van der Waals surface area contributed by atoms with Gasteiger partial charge in [0.2, 0.25) is 5.91 Å². The molecule has 5 aromatic rings. The Kier molecular flexibility index (Phi) is 15.4. The Morgan fingerprint density at radius 1 is 0.852 bits per heavy atom. The molecular weight excluding hydrogens is 1050 g/mol. The fourth-order valence-corrected chi connectivity index (χ4v) is 13.4. The van der Waals surface area contributed by atoms with Crippen LogP contribution in [0.1, 0.15) is 122 Å². The van der Waals surface area contributed by atoms with Crippen LogP contribution in [0, 0.1) is 17.2 Å². The molecule has 6 aliphatic heterocycles. The number of cyclic esters (lactones) is 1. The number of nitrogens with one attached hydrogen (secondary N) is 1. The summed E-state index contributed by atoms with van der Waals surface area (Å²) in [7, 11) is 0. The van der Waals surface area contributed by atoms with E-state index in [2.05, 4.69) is 36.3 Å². The van der Waals surface area contributed by atoms with E-state index < -0.39 is 11.6 Å². The number of amides is 3. The third-order valence-electron chi connectivity index (χ3n) is 18.1. The summed E-state index contributed by atoms with van der Waals surface area (Å²) >= 11 is 6.19. The molecule has 424 valence electrons. The monoisotopic (exact) mass is 1120 g/mol. The molecule has 81 heavy (non-hydrogen) atoms. The Labute approximate surface area is 474 Å². The number of rotatable bonds is 11. The maximum Gasteiger partial charge on any atom is 0.415 e. The minimum atomic E-state index is -1.94. The number of likely N-dealkylation sites (tertiary alicyclic amines) is 2. The van der Waals surface area contributed by atoms with E-state index in [1.807, 2.05) is 34.1 Å². The van der Waals surface area contributed by atoms with Gasteiger partial charge in [-0.05, 0) is 132 Å². The zero-order chi connectivity index (χ0) is 55.9. The number of aliphatic hydroxyl groups is 1. The SMILES string of the molecule is CCC1(O)C(=O)OCc2c1cc1n(c2=O)Cc2cc3c(CN4CCN(C(=O)C5CCN(c6ccc(C(=O)NC7CCC(Oc8ccc(C#N)c(Cl)c8)CC7)nn6)CC5)CC4)c(OC(=O)N4CCC(N5CCCCC5)CC4)ccc3nc2-1. The largest absolute Gasteiger partial charge is 0.490 e. The lowest BCUT2D eigenvalue weighted by atomic mass is 9.86. The smallest absolute Gasteiger partial charge is 0.415 e. The van der Waals surface area contributed by atoms with Crippen LogP contribution in [-0.2, 0) is 39.6 Å². The molecule has 9 heterocycles. The summed E-state index contributed by atoms with van der Waals surface area (Å²) in [5, 5.41) is 33.6. The number of anilines is 1. The Morgan fingerprint density at radius 3 is 2.32 bits per heavy atom. The van der Waals surface area contributed by atoms with E-state index in [1.165, 1.54) is 19.3 Å². The van der Waals surface area contributed by atoms with Crippen LogP contribution < -0.4 is 25.2 Å². The highest BCUT2D eigenvalue weighted by Crippen LogP contribution is 2.41. The molecule has 0 spiro atoms. The van der Waals surface area contributed by atoms with Gasteiger partial charge < -0.3 is 48.8 Å². The van der Waals surface area contributed by atoms with Crippen molar-refractivity contribution < 1.29 is 38.5 Å². The Bertz CT molecular complexity index is 3350. The number of hydrogen-bond acceptors (Lipinski definition) is 16. The summed E-state index contributed by atoms with van der Waals surface area (Å²) in [5.74, 6) is 0.685. The maximum absolute atomic E-state index is 14.1. The molecule has 4 saturated heterocycles. The van der Waals surface area contributed by atoms with Crippen LogP contribution in [0.15, 0.2) is 59.4 Å². The van der Waals surface area contributed by atoms with E-state index in [1.54, 1.807) is 41.8 Å². The third-order valence-corrected chi connectivity index (χ3v) is 18.4. The van der Waals surface area contributed by atoms with Crippen LogP contribution in [0.5, 0.6) is 11.5 Å². The normalized spacial score (nSPS) is 22.8. The average molecular weight is 1120 g/mol. The molecule has 1 atom stereocenters. The van der Waals surface area contributed by atoms with Gasteiger partial charge in [-0.25, -0.2) is 14.6 Å². The van der Waals surface area contributed by atoms with E-state index >= 15 is 0 Å². The Hall–Kier alpha value is -7.18. The summed E-state index contributed by atoms with van der Waals surface area (Å²) < 4.78 is 19.4. The average Bonchev–Trinajstić information content (AvgIpc) is 4.15. The quantitative estimate of drug-likeness (QED) is 0.132. The second-order valence-electron chi connectivity index (χ2n) is 22.8. The number of esters is 1. The lowest BCUT2D eigenvalue weighted by Crippen LogP contribution is -2.51. The van der Waals surface area contributed by atoms with Gasteiger partial charge in [0, 0.05) is 105 Å². The van der Waals surface area contributed by atoms with Crippen molar-refractivity contribution in [3.63, 3.8) is 0 Å². The summed E-state index contributed by atoms with van der Waals surface area (Å²) in [6, 6.07) is 18.5. The molecule has 0 radical (unpaired) electrons. The number of carbonyl (C=O) groups is 4. The number of benzene rings is 2. The number of ether oxygens (including phenoxy) is 3. The van der Waals surface area contributed by atoms with Gasteiger partial charge in [0.15, 0.2) is 17.1 Å². The number of piperazine rings is 1. The summed E-state index contributed by atoms with van der Waals surface area (Å²) in [4.78, 5) is 84.1. The molecule has 20 nitrogen and oxygen atoms in total. The highest BCUT2D eigenvalue weighted by atomic mass is 35.5. The highest BCUT2D eigenvalue weighted by Gasteiger charge is 2.46. The van der Waals surface area contributed by atoms with Crippen LogP contribution >= 0.6 is 11.6 Å². The Morgan fingerprint density at radius 2 is 1.62 bits per heavy atom. The van der Waals surface area contributed by atoms with E-state index in [0.29, 0.717) is 123 Å². The zero-order valence-corrected chi connectivity index (χ0v) is 46.5. The van der Waals surface area contributed by atoms with Crippen LogP contribution in [0.2, 0.25) is 5.02 Å². The predicted molar refractivity (Wildman–Crippen MR) is 300 cm³/mol. The molecule has 3 amide bonds. The minimum Gasteiger partial charge on any atom is -0.490 e. The van der Waals surface area contributed by atoms with E-state index in [-0.39, 0.29) is 77.9 Å². The number of carbonyl (C=O) groups excluding carboxylic acids is 4. The number of halogens is 1. The number of hydrogen-bond donors (Lipinski definition) is 2. The molecular formula is C60H68ClN11O9. The molecule has 5 fully saturated rings. The summed E-state index contributed by atoms with van der Waals surface area (Å²) in [6.07, 6.45) is 9.52. The molecule has 21 heteroatoms. The first-order valence-corrected chi connectivity index (χ1v) is 29.3. The van der Waals surface area contributed by atoms with Crippen molar-refractivity contribution in [3.05, 3.63) is 103 Å². The number of nitriles is 1. The van der Waals surface area contributed by atoms with Crippen molar-refractivity contribution in [1.29, 1.82) is 5.26 Å². The van der Waals surface area contributed by atoms with Crippen LogP contribution in [0.25, 0.3) is 22.3 Å². The molecule has 12 rings (SSSR count). The molecule has 1 saturated carbocycles. The number of fused-ring (bicyclic) bond motifs is 5. The van der Waals surface area contributed by atoms with Crippen LogP contribution in [0.4, 0.5) is 10.6 Å². The first-order valence-electron chi connectivity index (χ1n) is 28.9. The molecule has 7 aliphatic rings. The van der Waals surface area contributed by atoms with Crippen molar-refractivity contribution >= 4 is 52.2 Å². The van der Waals surface area contributed by atoms with Crippen molar-refractivity contribution in [2.24, 2.45) is 5.92 Å². The fourth-order valence-electron chi connectivity index (χ4n) is 13.2. The van der Waals surface area contributed by atoms with Gasteiger partial charge in [-0.15, -0.1) is 10.2 Å². The highest BCUT2D eigenvalue weighted by molar-refractivity contribution is 6.31. The van der Waals surface area contributed by atoms with Crippen molar-refractivity contribution in [2.75, 3.05) is 70.3 Å². The fraction of sp³-hybridized carbons (Fsp3) is 0.517. The first kappa shape index (κ1) is 54.4. The minimum absolute atomic E-state index is 0.0136. The van der Waals surface area contributed by atoms with Crippen molar-refractivity contribution in [1.82, 2.24) is 44.7 Å². The standard InChI is InChI=1S/C60H68ClN11O9/c1-2-60(78)47-32-51-54-39(34-72(51)57(75)46(47)36-79-58(60)76)30-44-45(52(14-12-49(44)64-54)81-59(77)71-24-18-41(19-25-71)68-20-4-3-5-21-68)35-67-26-28-70(29-27-67)56(74)37-16-22-69(23-17-37)53-15-13-50(65-66-53)55(73)63-40-7-10-42(11-8-40)80-43-9-6-38(33-62)48(61)31-43/h6,9,12-15,30-32,37,40-42,78H,2-5,7-8,10-11,16-29,34-36H2,1H3,(H,63,73). The van der Waals surface area contributed by atoms with Gasteiger partial charge in [0.25, 0.3) is 11.5 Å². The summed E-state index contributed by atoms with van der Waals surface area (Å²) in [6.45, 7) is 9.14. The predicted octanol–water partition coefficient (Wildman–Crippen LogP) is 6.52. The number of pyridine rings is 2. The Balaban J connectivity index is 0.674. The topological polar surface area (TPSA) is 229 Å². The van der Waals surface area contributed by atoms with Gasteiger partial charge in [0.1, 0.15) is 24.2 Å².